The van der Waals surface area contributed by atoms with Gasteiger partial charge in [-0.05, 0) is 18.7 Å². The number of benzene rings is 1. The molecule has 0 radical (unpaired) electrons. The maximum atomic E-state index is 13.4. The third kappa shape index (κ3) is 2.78. The molecule has 0 spiro atoms. The van der Waals surface area contributed by atoms with Crippen LogP contribution in [0.15, 0.2) is 42.5 Å². The maximum absolute atomic E-state index is 13.4. The standard InChI is InChI=1S/C17H14F6N2/c1-25-10-14-12(9-15(25,16(18,19)20)17(21,22)23)7-8-13(24-14)11-5-3-2-4-6-11/h2-8H,9-10H2,1H3. The van der Waals surface area contributed by atoms with Crippen molar-refractivity contribution >= 4 is 0 Å². The van der Waals surface area contributed by atoms with Gasteiger partial charge in [-0.1, -0.05) is 36.4 Å². The van der Waals surface area contributed by atoms with E-state index in [2.05, 4.69) is 4.98 Å². The SMILES string of the molecule is CN1Cc2nc(-c3ccccc3)ccc2CC1(C(F)(F)F)C(F)(F)F. The predicted molar refractivity (Wildman–Crippen MR) is 79.7 cm³/mol. The van der Waals surface area contributed by atoms with Crippen molar-refractivity contribution in [1.29, 1.82) is 0 Å². The summed E-state index contributed by atoms with van der Waals surface area (Å²) in [6.07, 6.45) is -12.1. The first-order chi connectivity index (χ1) is 11.6. The molecule has 0 aliphatic carbocycles. The zero-order valence-electron chi connectivity index (χ0n) is 13.1. The van der Waals surface area contributed by atoms with E-state index in [0.29, 0.717) is 10.6 Å². The molecule has 1 aromatic heterocycles. The van der Waals surface area contributed by atoms with Crippen LogP contribution in [0.25, 0.3) is 11.3 Å². The van der Waals surface area contributed by atoms with Crippen LogP contribution < -0.4 is 0 Å². The van der Waals surface area contributed by atoms with Crippen LogP contribution in [0.5, 0.6) is 0 Å². The van der Waals surface area contributed by atoms with Gasteiger partial charge in [0.15, 0.2) is 0 Å². The van der Waals surface area contributed by atoms with Crippen molar-refractivity contribution in [3.05, 3.63) is 53.7 Å². The van der Waals surface area contributed by atoms with Crippen molar-refractivity contribution in [1.82, 2.24) is 9.88 Å². The fourth-order valence-corrected chi connectivity index (χ4v) is 3.16. The topological polar surface area (TPSA) is 16.1 Å². The Hall–Kier alpha value is -2.09. The fraction of sp³-hybridized carbons (Fsp3) is 0.353. The van der Waals surface area contributed by atoms with Crippen molar-refractivity contribution < 1.29 is 26.3 Å². The molecular formula is C17H14F6N2. The van der Waals surface area contributed by atoms with Crippen LogP contribution in [0.1, 0.15) is 11.3 Å². The van der Waals surface area contributed by atoms with Gasteiger partial charge >= 0.3 is 12.4 Å². The molecule has 1 aromatic carbocycles. The summed E-state index contributed by atoms with van der Waals surface area (Å²) in [6, 6.07) is 11.7. The first-order valence-corrected chi connectivity index (χ1v) is 7.45. The highest BCUT2D eigenvalue weighted by molar-refractivity contribution is 5.59. The number of hydrogen-bond donors (Lipinski definition) is 0. The lowest BCUT2D eigenvalue weighted by Gasteiger charge is -2.46. The van der Waals surface area contributed by atoms with Gasteiger partial charge in [0.25, 0.3) is 0 Å². The first-order valence-electron chi connectivity index (χ1n) is 7.45. The lowest BCUT2D eigenvalue weighted by molar-refractivity contribution is -0.341. The number of pyridine rings is 1. The van der Waals surface area contributed by atoms with Crippen molar-refractivity contribution in [2.45, 2.75) is 30.9 Å². The van der Waals surface area contributed by atoms with Crippen LogP contribution in [0, 0.1) is 0 Å². The molecule has 0 unspecified atom stereocenters. The van der Waals surface area contributed by atoms with E-state index in [-0.39, 0.29) is 11.3 Å². The molecule has 2 nitrogen and oxygen atoms in total. The maximum Gasteiger partial charge on any atom is 0.416 e. The van der Waals surface area contributed by atoms with Crippen LogP contribution in [0.2, 0.25) is 0 Å². The van der Waals surface area contributed by atoms with Gasteiger partial charge in [-0.2, -0.15) is 26.3 Å². The van der Waals surface area contributed by atoms with Gasteiger partial charge in [0.1, 0.15) is 0 Å². The molecule has 2 aromatic rings. The van der Waals surface area contributed by atoms with Crippen molar-refractivity contribution in [2.75, 3.05) is 7.05 Å². The largest absolute Gasteiger partial charge is 0.416 e. The molecule has 25 heavy (non-hydrogen) atoms. The first kappa shape index (κ1) is 17.7. The Kier molecular flexibility index (Phi) is 4.06. The quantitative estimate of drug-likeness (QED) is 0.691. The number of hydrogen-bond acceptors (Lipinski definition) is 2. The molecule has 0 saturated heterocycles. The molecule has 0 saturated carbocycles. The van der Waals surface area contributed by atoms with Crippen molar-refractivity contribution in [3.8, 4) is 11.3 Å². The molecule has 1 aliphatic heterocycles. The Morgan fingerprint density at radius 3 is 2.08 bits per heavy atom. The van der Waals surface area contributed by atoms with Gasteiger partial charge < -0.3 is 0 Å². The molecule has 0 amide bonds. The van der Waals surface area contributed by atoms with E-state index in [9.17, 15) is 26.3 Å². The second kappa shape index (κ2) is 5.72. The Bertz CT molecular complexity index is 753. The molecular weight excluding hydrogens is 346 g/mol. The van der Waals surface area contributed by atoms with Crippen molar-refractivity contribution in [3.63, 3.8) is 0 Å². The highest BCUT2D eigenvalue weighted by Gasteiger charge is 2.73. The van der Waals surface area contributed by atoms with Gasteiger partial charge in [-0.15, -0.1) is 0 Å². The second-order valence-electron chi connectivity index (χ2n) is 6.06. The summed E-state index contributed by atoms with van der Waals surface area (Å²) in [5.41, 5.74) is -2.45. The summed E-state index contributed by atoms with van der Waals surface area (Å²) in [5.74, 6) is 0. The fourth-order valence-electron chi connectivity index (χ4n) is 3.16. The van der Waals surface area contributed by atoms with E-state index in [4.69, 9.17) is 0 Å². The smallest absolute Gasteiger partial charge is 0.279 e. The van der Waals surface area contributed by atoms with E-state index in [1.807, 2.05) is 0 Å². The Morgan fingerprint density at radius 1 is 0.920 bits per heavy atom. The molecule has 0 fully saturated rings. The van der Waals surface area contributed by atoms with Crippen molar-refractivity contribution in [2.24, 2.45) is 0 Å². The number of alkyl halides is 6. The average Bonchev–Trinajstić information content (AvgIpc) is 2.52. The van der Waals surface area contributed by atoms with E-state index in [1.54, 1.807) is 30.3 Å². The van der Waals surface area contributed by atoms with Crippen LogP contribution in [-0.2, 0) is 13.0 Å². The number of nitrogens with zero attached hydrogens (tertiary/aromatic N) is 2. The summed E-state index contributed by atoms with van der Waals surface area (Å²) < 4.78 is 80.4. The molecule has 8 heteroatoms. The lowest BCUT2D eigenvalue weighted by Crippen LogP contribution is -2.68. The lowest BCUT2D eigenvalue weighted by atomic mass is 9.83. The molecule has 3 rings (SSSR count). The highest BCUT2D eigenvalue weighted by atomic mass is 19.4. The van der Waals surface area contributed by atoms with Crippen LogP contribution in [0.4, 0.5) is 26.3 Å². The molecule has 134 valence electrons. The van der Waals surface area contributed by atoms with E-state index < -0.39 is 30.9 Å². The summed E-state index contributed by atoms with van der Waals surface area (Å²) in [4.78, 5) is 4.59. The third-order valence-corrected chi connectivity index (χ3v) is 4.56. The molecule has 0 bridgehead atoms. The van der Waals surface area contributed by atoms with Gasteiger partial charge in [0.2, 0.25) is 5.54 Å². The summed E-state index contributed by atoms with van der Waals surface area (Å²) in [6.45, 7) is -0.533. The van der Waals surface area contributed by atoms with Gasteiger partial charge in [0.05, 0.1) is 11.4 Å². The zero-order chi connectivity index (χ0) is 18.5. The molecule has 1 aliphatic rings. The number of aromatic nitrogens is 1. The highest BCUT2D eigenvalue weighted by Crippen LogP contribution is 2.51. The minimum absolute atomic E-state index is 0.0348. The monoisotopic (exact) mass is 360 g/mol. The number of rotatable bonds is 1. The van der Waals surface area contributed by atoms with Gasteiger partial charge in [0, 0.05) is 18.5 Å². The predicted octanol–water partition coefficient (Wildman–Crippen LogP) is 4.60. The minimum Gasteiger partial charge on any atom is -0.279 e. The summed E-state index contributed by atoms with van der Waals surface area (Å²) in [7, 11) is 0.834. The van der Waals surface area contributed by atoms with Gasteiger partial charge in [-0.3, -0.25) is 9.88 Å². The zero-order valence-corrected chi connectivity index (χ0v) is 13.1. The van der Waals surface area contributed by atoms with E-state index in [1.165, 1.54) is 12.1 Å². The minimum atomic E-state index is -5.45. The Balaban J connectivity index is 2.07. The average molecular weight is 360 g/mol. The van der Waals surface area contributed by atoms with Crippen LogP contribution in [-0.4, -0.2) is 34.8 Å². The molecule has 2 heterocycles. The molecule has 0 N–H and O–H groups in total. The Morgan fingerprint density at radius 2 is 1.52 bits per heavy atom. The van der Waals surface area contributed by atoms with Crippen LogP contribution in [0.3, 0.4) is 0 Å². The van der Waals surface area contributed by atoms with Crippen LogP contribution >= 0.6 is 0 Å². The summed E-state index contributed by atoms with van der Waals surface area (Å²) >= 11 is 0. The number of halogens is 6. The number of likely N-dealkylation sites (N-methyl/N-ethyl adjacent to an activating group) is 1. The number of fused-ring (bicyclic) bond motifs is 1. The molecule has 0 atom stereocenters. The normalized spacial score (nSPS) is 18.0. The summed E-state index contributed by atoms with van der Waals surface area (Å²) in [5, 5.41) is 0. The second-order valence-corrected chi connectivity index (χ2v) is 6.06. The third-order valence-electron chi connectivity index (χ3n) is 4.56. The Labute approximate surface area is 140 Å². The van der Waals surface area contributed by atoms with E-state index in [0.717, 1.165) is 12.6 Å². The van der Waals surface area contributed by atoms with E-state index >= 15 is 0 Å². The van der Waals surface area contributed by atoms with Gasteiger partial charge in [-0.25, -0.2) is 0 Å².